The van der Waals surface area contributed by atoms with Gasteiger partial charge in [-0.1, -0.05) is 23.4 Å². The highest BCUT2D eigenvalue weighted by Gasteiger charge is 2.21. The van der Waals surface area contributed by atoms with Crippen LogP contribution < -0.4 is 20.5 Å². The molecule has 2 aromatic carbocycles. The summed E-state index contributed by atoms with van der Waals surface area (Å²) in [5.41, 5.74) is 8.23. The van der Waals surface area contributed by atoms with Crippen molar-refractivity contribution in [1.82, 2.24) is 20.0 Å². The zero-order valence-corrected chi connectivity index (χ0v) is 17.2. The van der Waals surface area contributed by atoms with Crippen molar-refractivity contribution in [1.29, 1.82) is 0 Å². The van der Waals surface area contributed by atoms with Gasteiger partial charge >= 0.3 is 0 Å². The quantitative estimate of drug-likeness (QED) is 0.492. The summed E-state index contributed by atoms with van der Waals surface area (Å²) in [7, 11) is 0. The Morgan fingerprint density at radius 3 is 2.72 bits per heavy atom. The molecule has 0 radical (unpaired) electrons. The highest BCUT2D eigenvalue weighted by Crippen LogP contribution is 2.32. The van der Waals surface area contributed by atoms with Crippen molar-refractivity contribution in [2.45, 2.75) is 13.5 Å². The second kappa shape index (κ2) is 8.06. The van der Waals surface area contributed by atoms with Gasteiger partial charge in [0, 0.05) is 17.3 Å². The van der Waals surface area contributed by atoms with Gasteiger partial charge in [0.15, 0.2) is 23.0 Å². The van der Waals surface area contributed by atoms with Crippen LogP contribution in [-0.2, 0) is 6.54 Å². The number of anilines is 2. The highest BCUT2D eigenvalue weighted by molar-refractivity contribution is 6.05. The molecule has 4 aromatic rings. The summed E-state index contributed by atoms with van der Waals surface area (Å²) in [6.45, 7) is 2.99. The molecule has 162 valence electrons. The lowest BCUT2D eigenvalue weighted by Gasteiger charge is -2.18. The molecule has 3 heterocycles. The van der Waals surface area contributed by atoms with Crippen LogP contribution in [-0.4, -0.2) is 39.1 Å². The van der Waals surface area contributed by atoms with E-state index in [1.54, 1.807) is 18.2 Å². The van der Waals surface area contributed by atoms with E-state index in [-0.39, 0.29) is 18.1 Å². The van der Waals surface area contributed by atoms with E-state index in [9.17, 15) is 4.79 Å². The number of benzene rings is 2. The van der Waals surface area contributed by atoms with Gasteiger partial charge in [0.05, 0.1) is 6.54 Å². The number of nitrogens with one attached hydrogen (secondary N) is 1. The third-order valence-corrected chi connectivity index (χ3v) is 5.00. The molecule has 3 N–H and O–H groups in total. The maximum absolute atomic E-state index is 12.7. The van der Waals surface area contributed by atoms with Crippen molar-refractivity contribution in [2.75, 3.05) is 24.3 Å². The molecule has 1 aliphatic rings. The van der Waals surface area contributed by atoms with Crippen LogP contribution in [0.15, 0.2) is 52.9 Å². The van der Waals surface area contributed by atoms with Gasteiger partial charge in [0.25, 0.3) is 5.91 Å². The number of fused-ring (bicyclic) bond motifs is 1. The fraction of sp³-hybridized carbons (Fsp3) is 0.182. The number of nitrogen functional groups attached to an aromatic ring is 1. The number of carbonyl (C=O) groups is 1. The Balaban J connectivity index is 1.32. The second-order valence-electron chi connectivity index (χ2n) is 7.18. The third-order valence-electron chi connectivity index (χ3n) is 5.00. The monoisotopic (exact) mass is 432 g/mol. The minimum absolute atomic E-state index is 0.0179. The zero-order valence-electron chi connectivity index (χ0n) is 17.2. The molecule has 5 rings (SSSR count). The molecule has 0 atom stereocenters. The van der Waals surface area contributed by atoms with Gasteiger partial charge in [0.2, 0.25) is 5.89 Å². The van der Waals surface area contributed by atoms with Crippen LogP contribution in [0.5, 0.6) is 11.5 Å². The Morgan fingerprint density at radius 2 is 1.91 bits per heavy atom. The van der Waals surface area contributed by atoms with Gasteiger partial charge in [-0.15, -0.1) is 5.10 Å². The fourth-order valence-electron chi connectivity index (χ4n) is 3.33. The van der Waals surface area contributed by atoms with Crippen molar-refractivity contribution in [3.05, 3.63) is 65.7 Å². The van der Waals surface area contributed by atoms with E-state index >= 15 is 0 Å². The van der Waals surface area contributed by atoms with Crippen LogP contribution in [0.4, 0.5) is 11.5 Å². The first-order chi connectivity index (χ1) is 15.6. The molecule has 32 heavy (non-hydrogen) atoms. The predicted octanol–water partition coefficient (Wildman–Crippen LogP) is 2.90. The lowest BCUT2D eigenvalue weighted by Crippen LogP contribution is -2.17. The molecule has 10 heteroatoms. The van der Waals surface area contributed by atoms with Crippen molar-refractivity contribution in [3.8, 4) is 23.0 Å². The highest BCUT2D eigenvalue weighted by atomic mass is 16.6. The molecule has 10 nitrogen and oxygen atoms in total. The van der Waals surface area contributed by atoms with Gasteiger partial charge in [-0.05, 0) is 31.2 Å². The van der Waals surface area contributed by atoms with Gasteiger partial charge in [-0.2, -0.15) is 0 Å². The number of hydrogen-bond donors (Lipinski definition) is 2. The number of aryl methyl sites for hydroxylation is 1. The van der Waals surface area contributed by atoms with Crippen LogP contribution in [0.1, 0.15) is 21.9 Å². The Bertz CT molecular complexity index is 1280. The molecular formula is C22H20N6O4. The number of ether oxygens (including phenoxy) is 2. The average molecular weight is 432 g/mol. The summed E-state index contributed by atoms with van der Waals surface area (Å²) in [5.74, 6) is 2.00. The zero-order chi connectivity index (χ0) is 22.1. The molecule has 1 amide bonds. The Hall–Kier alpha value is -4.34. The lowest BCUT2D eigenvalue weighted by molar-refractivity contribution is 0.102. The average Bonchev–Trinajstić information content (AvgIpc) is 3.37. The van der Waals surface area contributed by atoms with Crippen LogP contribution in [0, 0.1) is 6.92 Å². The number of oxazole rings is 1. The molecule has 0 unspecified atom stereocenters. The van der Waals surface area contributed by atoms with Crippen LogP contribution >= 0.6 is 0 Å². The normalized spacial score (nSPS) is 12.5. The summed E-state index contributed by atoms with van der Waals surface area (Å²) in [6, 6.07) is 14.7. The first-order valence-corrected chi connectivity index (χ1v) is 10.00. The number of carbonyl (C=O) groups excluding carboxylic acids is 1. The second-order valence-corrected chi connectivity index (χ2v) is 7.18. The number of amides is 1. The molecule has 0 fully saturated rings. The van der Waals surface area contributed by atoms with E-state index < -0.39 is 5.91 Å². The lowest BCUT2D eigenvalue weighted by atomic mass is 10.2. The number of aromatic nitrogens is 4. The number of rotatable bonds is 5. The molecule has 2 aromatic heterocycles. The molecular weight excluding hydrogens is 412 g/mol. The first-order valence-electron chi connectivity index (χ1n) is 10.00. The molecule has 0 spiro atoms. The summed E-state index contributed by atoms with van der Waals surface area (Å²) < 4.78 is 18.2. The number of nitrogens with zero attached hydrogens (tertiary/aromatic N) is 4. The summed E-state index contributed by atoms with van der Waals surface area (Å²) in [6.07, 6.45) is 0. The number of hydrogen-bond acceptors (Lipinski definition) is 8. The van der Waals surface area contributed by atoms with Crippen LogP contribution in [0.25, 0.3) is 11.5 Å². The summed E-state index contributed by atoms with van der Waals surface area (Å²) in [5, 5.41) is 10.7. The van der Waals surface area contributed by atoms with Crippen LogP contribution in [0.3, 0.4) is 0 Å². The maximum Gasteiger partial charge on any atom is 0.280 e. The van der Waals surface area contributed by atoms with Crippen LogP contribution in [0.2, 0.25) is 0 Å². The molecule has 0 bridgehead atoms. The van der Waals surface area contributed by atoms with Crippen molar-refractivity contribution < 1.29 is 18.7 Å². The van der Waals surface area contributed by atoms with Gasteiger partial charge in [-0.25, -0.2) is 9.67 Å². The maximum atomic E-state index is 12.7. The molecule has 0 saturated carbocycles. The minimum Gasteiger partial charge on any atom is -0.486 e. The van der Waals surface area contributed by atoms with Gasteiger partial charge < -0.3 is 24.9 Å². The van der Waals surface area contributed by atoms with Crippen molar-refractivity contribution in [3.63, 3.8) is 0 Å². The standard InChI is InChI=1S/C22H20N6O4/c1-13-16(25-22(32-13)14-5-3-2-4-6-14)12-28-20(23)19(26-27-28)21(29)24-15-7-8-17-18(11-15)31-10-9-30-17/h2-8,11H,9-10,12,23H2,1H3,(H,24,29). The minimum atomic E-state index is -0.479. The van der Waals surface area contributed by atoms with E-state index in [0.717, 1.165) is 5.56 Å². The third kappa shape index (κ3) is 3.73. The smallest absolute Gasteiger partial charge is 0.280 e. The molecule has 0 saturated heterocycles. The Kier molecular flexibility index (Phi) is 4.94. The summed E-state index contributed by atoms with van der Waals surface area (Å²) >= 11 is 0. The van der Waals surface area contributed by atoms with E-state index in [2.05, 4.69) is 20.6 Å². The summed E-state index contributed by atoms with van der Waals surface area (Å²) in [4.78, 5) is 17.3. The van der Waals surface area contributed by atoms with E-state index in [1.807, 2.05) is 37.3 Å². The Labute approximate surface area is 183 Å². The van der Waals surface area contributed by atoms with Gasteiger partial charge in [-0.3, -0.25) is 4.79 Å². The SMILES string of the molecule is Cc1oc(-c2ccccc2)nc1Cn1nnc(C(=O)Nc2ccc3c(c2)OCCO3)c1N. The van der Waals surface area contributed by atoms with E-state index in [1.165, 1.54) is 4.68 Å². The Morgan fingerprint density at radius 1 is 1.12 bits per heavy atom. The van der Waals surface area contributed by atoms with E-state index in [4.69, 9.17) is 19.6 Å². The van der Waals surface area contributed by atoms with Crippen molar-refractivity contribution >= 4 is 17.4 Å². The first kappa shape index (κ1) is 19.6. The predicted molar refractivity (Wildman–Crippen MR) is 116 cm³/mol. The van der Waals surface area contributed by atoms with E-state index in [0.29, 0.717) is 47.7 Å². The van der Waals surface area contributed by atoms with Crippen molar-refractivity contribution in [2.24, 2.45) is 0 Å². The molecule has 0 aliphatic carbocycles. The van der Waals surface area contributed by atoms with Gasteiger partial charge in [0.1, 0.15) is 24.7 Å². The topological polar surface area (TPSA) is 130 Å². The fourth-order valence-corrected chi connectivity index (χ4v) is 3.33. The number of nitrogens with two attached hydrogens (primary N) is 1. The molecule has 1 aliphatic heterocycles. The largest absolute Gasteiger partial charge is 0.486 e.